The summed E-state index contributed by atoms with van der Waals surface area (Å²) >= 11 is 12.0. The van der Waals surface area contributed by atoms with E-state index in [1.165, 1.54) is 12.8 Å². The average molecular weight is 342 g/mol. The van der Waals surface area contributed by atoms with Crippen molar-refractivity contribution in [3.63, 3.8) is 0 Å². The lowest BCUT2D eigenvalue weighted by molar-refractivity contribution is 0.183. The van der Waals surface area contributed by atoms with Gasteiger partial charge in [0.05, 0.1) is 0 Å². The van der Waals surface area contributed by atoms with Crippen molar-refractivity contribution in [1.29, 1.82) is 0 Å². The predicted molar refractivity (Wildman–Crippen MR) is 89.4 cm³/mol. The van der Waals surface area contributed by atoms with Crippen molar-refractivity contribution in [2.45, 2.75) is 25.8 Å². The highest BCUT2D eigenvalue weighted by molar-refractivity contribution is 6.35. The van der Waals surface area contributed by atoms with E-state index in [9.17, 15) is 4.79 Å². The van der Waals surface area contributed by atoms with Crippen LogP contribution in [0, 0.1) is 5.41 Å². The minimum Gasteiger partial charge on any atom is -0.334 e. The highest BCUT2D eigenvalue weighted by Gasteiger charge is 2.40. The van der Waals surface area contributed by atoms with Crippen LogP contribution in [0.4, 0.5) is 4.79 Å². The number of hydrogen-bond acceptors (Lipinski definition) is 2. The van der Waals surface area contributed by atoms with Gasteiger partial charge in [0.1, 0.15) is 0 Å². The lowest BCUT2D eigenvalue weighted by Gasteiger charge is -2.33. The van der Waals surface area contributed by atoms with Crippen LogP contribution in [0.15, 0.2) is 18.2 Å². The van der Waals surface area contributed by atoms with Gasteiger partial charge in [-0.05, 0) is 55.5 Å². The SMILES string of the molecule is O=C(NCc1ccc(Cl)cc1Cl)N1CCC2(CCNCC2)C1. The summed E-state index contributed by atoms with van der Waals surface area (Å²) in [4.78, 5) is 14.3. The number of nitrogens with one attached hydrogen (secondary N) is 2. The first-order valence-corrected chi connectivity index (χ1v) is 8.51. The van der Waals surface area contributed by atoms with Crippen LogP contribution in [0.2, 0.25) is 10.0 Å². The number of carbonyl (C=O) groups excluding carboxylic acids is 1. The number of carbonyl (C=O) groups is 1. The van der Waals surface area contributed by atoms with Gasteiger partial charge in [0.25, 0.3) is 0 Å². The third kappa shape index (κ3) is 3.50. The van der Waals surface area contributed by atoms with Gasteiger partial charge in [0, 0.05) is 29.7 Å². The fourth-order valence-electron chi connectivity index (χ4n) is 3.42. The monoisotopic (exact) mass is 341 g/mol. The van der Waals surface area contributed by atoms with E-state index in [0.29, 0.717) is 22.0 Å². The molecular formula is C16H21Cl2N3O. The number of nitrogens with zero attached hydrogens (tertiary/aromatic N) is 1. The Morgan fingerprint density at radius 2 is 2.05 bits per heavy atom. The summed E-state index contributed by atoms with van der Waals surface area (Å²) in [7, 11) is 0. The number of rotatable bonds is 2. The highest BCUT2D eigenvalue weighted by atomic mass is 35.5. The molecule has 22 heavy (non-hydrogen) atoms. The Morgan fingerprint density at radius 3 is 2.77 bits per heavy atom. The number of amides is 2. The fraction of sp³-hybridized carbons (Fsp3) is 0.562. The van der Waals surface area contributed by atoms with Crippen LogP contribution >= 0.6 is 23.2 Å². The van der Waals surface area contributed by atoms with Gasteiger partial charge in [0.2, 0.25) is 0 Å². The molecule has 2 fully saturated rings. The first-order valence-electron chi connectivity index (χ1n) is 7.75. The molecule has 0 bridgehead atoms. The van der Waals surface area contributed by atoms with Gasteiger partial charge in [-0.1, -0.05) is 29.3 Å². The quantitative estimate of drug-likeness (QED) is 0.866. The number of urea groups is 1. The summed E-state index contributed by atoms with van der Waals surface area (Å²) in [6, 6.07) is 5.34. The van der Waals surface area contributed by atoms with E-state index in [1.807, 2.05) is 11.0 Å². The van der Waals surface area contributed by atoms with E-state index >= 15 is 0 Å². The Morgan fingerprint density at radius 1 is 1.27 bits per heavy atom. The van der Waals surface area contributed by atoms with E-state index < -0.39 is 0 Å². The molecule has 1 aromatic rings. The molecule has 1 spiro atoms. The smallest absolute Gasteiger partial charge is 0.317 e. The summed E-state index contributed by atoms with van der Waals surface area (Å²) < 4.78 is 0. The number of benzene rings is 1. The minimum atomic E-state index is 0.00132. The Bertz CT molecular complexity index is 558. The van der Waals surface area contributed by atoms with Gasteiger partial charge in [-0.2, -0.15) is 0 Å². The van der Waals surface area contributed by atoms with Gasteiger partial charge in [0.15, 0.2) is 0 Å². The predicted octanol–water partition coefficient (Wildman–Crippen LogP) is 3.28. The van der Waals surface area contributed by atoms with Crippen molar-refractivity contribution in [2.24, 2.45) is 5.41 Å². The van der Waals surface area contributed by atoms with Crippen molar-refractivity contribution in [1.82, 2.24) is 15.5 Å². The molecule has 2 saturated heterocycles. The Balaban J connectivity index is 1.54. The second-order valence-corrected chi connectivity index (χ2v) is 7.16. The zero-order chi connectivity index (χ0) is 15.6. The molecule has 0 radical (unpaired) electrons. The molecule has 0 aliphatic carbocycles. The Labute approximate surface area is 141 Å². The molecule has 6 heteroatoms. The standard InChI is InChI=1S/C16H21Cl2N3O/c17-13-2-1-12(14(18)9-13)10-20-15(22)21-8-5-16(11-21)3-6-19-7-4-16/h1-2,9,19H,3-8,10-11H2,(H,20,22). The van der Waals surface area contributed by atoms with Crippen molar-refractivity contribution in [3.8, 4) is 0 Å². The summed E-state index contributed by atoms with van der Waals surface area (Å²) in [5.41, 5.74) is 1.22. The maximum Gasteiger partial charge on any atom is 0.317 e. The van der Waals surface area contributed by atoms with E-state index in [2.05, 4.69) is 10.6 Å². The number of hydrogen-bond donors (Lipinski definition) is 2. The van der Waals surface area contributed by atoms with Gasteiger partial charge >= 0.3 is 6.03 Å². The fourth-order valence-corrected chi connectivity index (χ4v) is 3.90. The molecule has 0 saturated carbocycles. The number of halogens is 2. The van der Waals surface area contributed by atoms with Crippen LogP contribution < -0.4 is 10.6 Å². The zero-order valence-corrected chi connectivity index (χ0v) is 14.0. The normalized spacial score (nSPS) is 20.4. The molecule has 2 aliphatic rings. The zero-order valence-electron chi connectivity index (χ0n) is 12.5. The molecule has 2 amide bonds. The molecular weight excluding hydrogens is 321 g/mol. The molecule has 1 aromatic carbocycles. The van der Waals surface area contributed by atoms with Crippen LogP contribution in [-0.2, 0) is 6.54 Å². The average Bonchev–Trinajstić information content (AvgIpc) is 2.90. The molecule has 2 aliphatic heterocycles. The van der Waals surface area contributed by atoms with Gasteiger partial charge in [-0.15, -0.1) is 0 Å². The van der Waals surface area contributed by atoms with E-state index in [-0.39, 0.29) is 6.03 Å². The van der Waals surface area contributed by atoms with Crippen LogP contribution in [0.1, 0.15) is 24.8 Å². The molecule has 2 N–H and O–H groups in total. The van der Waals surface area contributed by atoms with E-state index in [4.69, 9.17) is 23.2 Å². The highest BCUT2D eigenvalue weighted by Crippen LogP contribution is 2.38. The summed E-state index contributed by atoms with van der Waals surface area (Å²) in [5.74, 6) is 0. The summed E-state index contributed by atoms with van der Waals surface area (Å²) in [6.45, 7) is 4.28. The molecule has 0 atom stereocenters. The van der Waals surface area contributed by atoms with Crippen molar-refractivity contribution in [2.75, 3.05) is 26.2 Å². The first-order chi connectivity index (χ1) is 10.6. The van der Waals surface area contributed by atoms with Crippen molar-refractivity contribution >= 4 is 29.2 Å². The first kappa shape index (κ1) is 15.9. The Hall–Kier alpha value is -0.970. The summed E-state index contributed by atoms with van der Waals surface area (Å²) in [5, 5.41) is 7.55. The molecule has 2 heterocycles. The van der Waals surface area contributed by atoms with E-state index in [1.54, 1.807) is 12.1 Å². The third-order valence-corrected chi connectivity index (χ3v) is 5.42. The third-order valence-electron chi connectivity index (χ3n) is 4.83. The van der Waals surface area contributed by atoms with Crippen molar-refractivity contribution < 1.29 is 4.79 Å². The van der Waals surface area contributed by atoms with Crippen LogP contribution in [0.25, 0.3) is 0 Å². The number of likely N-dealkylation sites (tertiary alicyclic amines) is 1. The second-order valence-electron chi connectivity index (χ2n) is 6.32. The van der Waals surface area contributed by atoms with Crippen LogP contribution in [0.5, 0.6) is 0 Å². The molecule has 120 valence electrons. The lowest BCUT2D eigenvalue weighted by atomic mass is 9.78. The molecule has 0 aromatic heterocycles. The molecule has 3 rings (SSSR count). The maximum atomic E-state index is 12.4. The number of piperidine rings is 1. The largest absolute Gasteiger partial charge is 0.334 e. The van der Waals surface area contributed by atoms with Crippen molar-refractivity contribution in [3.05, 3.63) is 33.8 Å². The lowest BCUT2D eigenvalue weighted by Crippen LogP contribution is -2.42. The minimum absolute atomic E-state index is 0.00132. The molecule has 4 nitrogen and oxygen atoms in total. The second kappa shape index (κ2) is 6.65. The maximum absolute atomic E-state index is 12.4. The van der Waals surface area contributed by atoms with Crippen LogP contribution in [0.3, 0.4) is 0 Å². The summed E-state index contributed by atoms with van der Waals surface area (Å²) in [6.07, 6.45) is 3.45. The topological polar surface area (TPSA) is 44.4 Å². The molecule has 0 unspecified atom stereocenters. The van der Waals surface area contributed by atoms with Gasteiger partial charge in [-0.3, -0.25) is 0 Å². The van der Waals surface area contributed by atoms with Gasteiger partial charge in [-0.25, -0.2) is 4.79 Å². The Kier molecular flexibility index (Phi) is 4.81. The van der Waals surface area contributed by atoms with E-state index in [0.717, 1.165) is 38.2 Å². The van der Waals surface area contributed by atoms with Gasteiger partial charge < -0.3 is 15.5 Å². The van der Waals surface area contributed by atoms with Crippen LogP contribution in [-0.4, -0.2) is 37.1 Å².